The second-order valence-electron chi connectivity index (χ2n) is 3.93. The minimum atomic E-state index is -0.904. The van der Waals surface area contributed by atoms with Crippen molar-refractivity contribution in [3.63, 3.8) is 0 Å². The van der Waals surface area contributed by atoms with Gasteiger partial charge in [0.1, 0.15) is 5.82 Å². The summed E-state index contributed by atoms with van der Waals surface area (Å²) in [5, 5.41) is 11.2. The van der Waals surface area contributed by atoms with E-state index >= 15 is 0 Å². The van der Waals surface area contributed by atoms with Crippen molar-refractivity contribution in [2.24, 2.45) is 0 Å². The number of benzene rings is 1. The van der Waals surface area contributed by atoms with Crippen LogP contribution in [0.5, 0.6) is 0 Å². The molecule has 18 heavy (non-hydrogen) atoms. The Labute approximate surface area is 112 Å². The fourth-order valence-electron chi connectivity index (χ4n) is 1.39. The maximum absolute atomic E-state index is 12.9. The van der Waals surface area contributed by atoms with Gasteiger partial charge in [-0.25, -0.2) is 4.39 Å². The molecule has 0 aliphatic rings. The highest BCUT2D eigenvalue weighted by Crippen LogP contribution is 2.18. The van der Waals surface area contributed by atoms with E-state index in [9.17, 15) is 14.0 Å². The maximum atomic E-state index is 12.9. The number of nitrogens with one attached hydrogen (secondary N) is 1. The van der Waals surface area contributed by atoms with Gasteiger partial charge in [0.15, 0.2) is 0 Å². The summed E-state index contributed by atoms with van der Waals surface area (Å²) in [5.41, 5.74) is 0.318. The lowest BCUT2D eigenvalue weighted by Gasteiger charge is -2.13. The number of carbonyl (C=O) groups excluding carboxylic acids is 1. The predicted molar refractivity (Wildman–Crippen MR) is 67.9 cm³/mol. The average Bonchev–Trinajstić information content (AvgIpc) is 2.26. The van der Waals surface area contributed by atoms with E-state index in [1.165, 1.54) is 18.2 Å². The Morgan fingerprint density at radius 3 is 2.72 bits per heavy atom. The second kappa shape index (κ2) is 6.49. The number of aliphatic carboxylic acids is 1. The predicted octanol–water partition coefficient (Wildman–Crippen LogP) is 2.57. The minimum Gasteiger partial charge on any atom is -0.481 e. The van der Waals surface area contributed by atoms with Crippen LogP contribution in [0.2, 0.25) is 0 Å². The molecule has 2 N–H and O–H groups in total. The molecule has 0 heterocycles. The van der Waals surface area contributed by atoms with E-state index in [-0.39, 0.29) is 18.4 Å². The van der Waals surface area contributed by atoms with Gasteiger partial charge in [-0.05, 0) is 47.5 Å². The molecule has 0 aliphatic heterocycles. The van der Waals surface area contributed by atoms with E-state index in [1.807, 2.05) is 0 Å². The number of carbonyl (C=O) groups is 2. The Kier molecular flexibility index (Phi) is 5.27. The van der Waals surface area contributed by atoms with Crippen LogP contribution in [-0.2, 0) is 4.79 Å². The van der Waals surface area contributed by atoms with Gasteiger partial charge in [-0.3, -0.25) is 9.59 Å². The first-order valence-corrected chi connectivity index (χ1v) is 6.17. The van der Waals surface area contributed by atoms with Gasteiger partial charge in [-0.1, -0.05) is 0 Å². The normalized spacial score (nSPS) is 11.9. The zero-order chi connectivity index (χ0) is 13.7. The topological polar surface area (TPSA) is 66.4 Å². The lowest BCUT2D eigenvalue weighted by Crippen LogP contribution is -2.33. The van der Waals surface area contributed by atoms with Crippen molar-refractivity contribution in [2.45, 2.75) is 25.8 Å². The molecular formula is C12H13BrFNO3. The molecule has 0 aliphatic carbocycles. The standard InChI is InChI=1S/C12H13BrFNO3/c1-7(2-5-11(16)17)15-12(18)9-4-3-8(14)6-10(9)13/h3-4,6-7H,2,5H2,1H3,(H,15,18)(H,16,17). The molecule has 0 saturated carbocycles. The Balaban J connectivity index is 2.62. The van der Waals surface area contributed by atoms with E-state index in [0.29, 0.717) is 16.5 Å². The summed E-state index contributed by atoms with van der Waals surface area (Å²) in [7, 11) is 0. The van der Waals surface area contributed by atoms with Crippen LogP contribution >= 0.6 is 15.9 Å². The molecule has 4 nitrogen and oxygen atoms in total. The molecule has 0 aromatic heterocycles. The zero-order valence-electron chi connectivity index (χ0n) is 9.74. The molecule has 1 aromatic rings. The van der Waals surface area contributed by atoms with Crippen molar-refractivity contribution >= 4 is 27.8 Å². The third-order valence-electron chi connectivity index (χ3n) is 2.34. The first-order chi connectivity index (χ1) is 8.40. The highest BCUT2D eigenvalue weighted by molar-refractivity contribution is 9.10. The van der Waals surface area contributed by atoms with Crippen molar-refractivity contribution < 1.29 is 19.1 Å². The number of carboxylic acids is 1. The summed E-state index contributed by atoms with van der Waals surface area (Å²) in [6, 6.07) is 3.52. The van der Waals surface area contributed by atoms with Crippen LogP contribution in [0.4, 0.5) is 4.39 Å². The van der Waals surface area contributed by atoms with Crippen molar-refractivity contribution in [3.8, 4) is 0 Å². The highest BCUT2D eigenvalue weighted by atomic mass is 79.9. The SMILES string of the molecule is CC(CCC(=O)O)NC(=O)c1ccc(F)cc1Br. The van der Waals surface area contributed by atoms with E-state index in [2.05, 4.69) is 21.2 Å². The summed E-state index contributed by atoms with van der Waals surface area (Å²) in [5.74, 6) is -1.70. The van der Waals surface area contributed by atoms with E-state index in [4.69, 9.17) is 5.11 Å². The van der Waals surface area contributed by atoms with Crippen molar-refractivity contribution in [1.29, 1.82) is 0 Å². The molecule has 1 aromatic carbocycles. The Morgan fingerprint density at radius 1 is 1.50 bits per heavy atom. The third-order valence-corrected chi connectivity index (χ3v) is 3.00. The molecule has 98 valence electrons. The van der Waals surface area contributed by atoms with Crippen LogP contribution < -0.4 is 5.32 Å². The number of carboxylic acid groups (broad SMARTS) is 1. The number of hydrogen-bond donors (Lipinski definition) is 2. The molecule has 0 radical (unpaired) electrons. The monoisotopic (exact) mass is 317 g/mol. The first kappa shape index (κ1) is 14.6. The minimum absolute atomic E-state index is 0.00790. The van der Waals surface area contributed by atoms with E-state index < -0.39 is 11.8 Å². The summed E-state index contributed by atoms with van der Waals surface area (Å²) in [6.07, 6.45) is 0.339. The summed E-state index contributed by atoms with van der Waals surface area (Å²) in [4.78, 5) is 22.2. The van der Waals surface area contributed by atoms with Crippen LogP contribution in [0.25, 0.3) is 0 Å². The van der Waals surface area contributed by atoms with Crippen molar-refractivity contribution in [1.82, 2.24) is 5.32 Å². The van der Waals surface area contributed by atoms with Crippen LogP contribution in [0.15, 0.2) is 22.7 Å². The molecule has 6 heteroatoms. The van der Waals surface area contributed by atoms with Crippen LogP contribution in [0, 0.1) is 5.82 Å². The largest absolute Gasteiger partial charge is 0.481 e. The molecule has 1 unspecified atom stereocenters. The van der Waals surface area contributed by atoms with Crippen LogP contribution in [0.3, 0.4) is 0 Å². The first-order valence-electron chi connectivity index (χ1n) is 5.38. The number of hydrogen-bond acceptors (Lipinski definition) is 2. The summed E-state index contributed by atoms with van der Waals surface area (Å²) >= 11 is 3.10. The van der Waals surface area contributed by atoms with Gasteiger partial charge in [-0.2, -0.15) is 0 Å². The molecule has 1 rings (SSSR count). The van der Waals surface area contributed by atoms with Gasteiger partial charge >= 0.3 is 5.97 Å². The fraction of sp³-hybridized carbons (Fsp3) is 0.333. The summed E-state index contributed by atoms with van der Waals surface area (Å²) in [6.45, 7) is 1.72. The number of rotatable bonds is 5. The van der Waals surface area contributed by atoms with Crippen LogP contribution in [-0.4, -0.2) is 23.0 Å². The molecular weight excluding hydrogens is 305 g/mol. The quantitative estimate of drug-likeness (QED) is 0.877. The molecule has 1 atom stereocenters. The van der Waals surface area contributed by atoms with Crippen molar-refractivity contribution in [3.05, 3.63) is 34.1 Å². The lowest BCUT2D eigenvalue weighted by atomic mass is 10.1. The van der Waals surface area contributed by atoms with Gasteiger partial charge in [0.2, 0.25) is 0 Å². The fourth-order valence-corrected chi connectivity index (χ4v) is 1.92. The Hall–Kier alpha value is -1.43. The molecule has 0 fully saturated rings. The Bertz CT molecular complexity index is 465. The third kappa shape index (κ3) is 4.44. The maximum Gasteiger partial charge on any atom is 0.303 e. The van der Waals surface area contributed by atoms with Gasteiger partial charge < -0.3 is 10.4 Å². The molecule has 0 spiro atoms. The Morgan fingerprint density at radius 2 is 2.17 bits per heavy atom. The average molecular weight is 318 g/mol. The zero-order valence-corrected chi connectivity index (χ0v) is 11.3. The second-order valence-corrected chi connectivity index (χ2v) is 4.79. The van der Waals surface area contributed by atoms with Crippen LogP contribution in [0.1, 0.15) is 30.1 Å². The van der Waals surface area contributed by atoms with Gasteiger partial charge in [0.25, 0.3) is 5.91 Å². The van der Waals surface area contributed by atoms with Gasteiger partial charge in [-0.15, -0.1) is 0 Å². The van der Waals surface area contributed by atoms with E-state index in [0.717, 1.165) is 0 Å². The van der Waals surface area contributed by atoms with E-state index in [1.54, 1.807) is 6.92 Å². The molecule has 0 saturated heterocycles. The summed E-state index contributed by atoms with van der Waals surface area (Å²) < 4.78 is 13.2. The smallest absolute Gasteiger partial charge is 0.303 e. The van der Waals surface area contributed by atoms with Gasteiger partial charge in [0, 0.05) is 16.9 Å². The lowest BCUT2D eigenvalue weighted by molar-refractivity contribution is -0.137. The number of amides is 1. The van der Waals surface area contributed by atoms with Gasteiger partial charge in [0.05, 0.1) is 5.56 Å². The highest BCUT2D eigenvalue weighted by Gasteiger charge is 2.14. The number of halogens is 2. The van der Waals surface area contributed by atoms with Crippen molar-refractivity contribution in [2.75, 3.05) is 0 Å². The molecule has 1 amide bonds. The molecule has 0 bridgehead atoms.